The molecule has 2 atom stereocenters. The molecule has 2 unspecified atom stereocenters. The first-order valence-corrected chi connectivity index (χ1v) is 7.76. The van der Waals surface area contributed by atoms with Crippen molar-refractivity contribution in [3.63, 3.8) is 0 Å². The van der Waals surface area contributed by atoms with Gasteiger partial charge in [-0.3, -0.25) is 0 Å². The Balaban J connectivity index is 1.98. The second-order valence-electron chi connectivity index (χ2n) is 7.98. The standard InChI is InChI=1S/C16H27NO4/c1-6-10(2)15-7-16(8-15,9-15)11(12(18)19)17-13(20)21-14(3,4)5/h10-11H,6-9H2,1-5H3,(H,17,20)(H,18,19). The highest BCUT2D eigenvalue weighted by Gasteiger charge is 2.73. The molecule has 0 aromatic heterocycles. The lowest BCUT2D eigenvalue weighted by molar-refractivity contribution is -0.248. The summed E-state index contributed by atoms with van der Waals surface area (Å²) in [4.78, 5) is 23.4. The third-order valence-corrected chi connectivity index (χ3v) is 5.29. The van der Waals surface area contributed by atoms with Gasteiger partial charge in [0, 0.05) is 5.41 Å². The van der Waals surface area contributed by atoms with E-state index in [1.165, 1.54) is 0 Å². The van der Waals surface area contributed by atoms with Crippen molar-refractivity contribution in [2.24, 2.45) is 16.7 Å². The van der Waals surface area contributed by atoms with Gasteiger partial charge in [0.25, 0.3) is 0 Å². The number of hydrogen-bond donors (Lipinski definition) is 2. The fraction of sp³-hybridized carbons (Fsp3) is 0.875. The summed E-state index contributed by atoms with van der Waals surface area (Å²) in [6.45, 7) is 9.70. The summed E-state index contributed by atoms with van der Waals surface area (Å²) in [6.07, 6.45) is 3.19. The molecule has 5 nitrogen and oxygen atoms in total. The van der Waals surface area contributed by atoms with Gasteiger partial charge in [0.05, 0.1) is 0 Å². The van der Waals surface area contributed by atoms with Crippen LogP contribution < -0.4 is 5.32 Å². The zero-order valence-corrected chi connectivity index (χ0v) is 13.7. The summed E-state index contributed by atoms with van der Waals surface area (Å²) in [6, 6.07) is -0.835. The second kappa shape index (κ2) is 4.89. The van der Waals surface area contributed by atoms with Gasteiger partial charge >= 0.3 is 12.1 Å². The lowest BCUT2D eigenvalue weighted by Crippen LogP contribution is -2.73. The summed E-state index contributed by atoms with van der Waals surface area (Å²) >= 11 is 0. The number of nitrogens with one attached hydrogen (secondary N) is 1. The first kappa shape index (κ1) is 16.1. The topological polar surface area (TPSA) is 75.6 Å². The maximum atomic E-state index is 11.9. The smallest absolute Gasteiger partial charge is 0.408 e. The van der Waals surface area contributed by atoms with E-state index in [1.54, 1.807) is 20.8 Å². The average molecular weight is 297 g/mol. The first-order valence-electron chi connectivity index (χ1n) is 7.76. The van der Waals surface area contributed by atoms with Gasteiger partial charge in [0.1, 0.15) is 11.6 Å². The van der Waals surface area contributed by atoms with Crippen molar-refractivity contribution < 1.29 is 19.4 Å². The van der Waals surface area contributed by atoms with Crippen LogP contribution in [0.25, 0.3) is 0 Å². The molecule has 3 rings (SSSR count). The van der Waals surface area contributed by atoms with Gasteiger partial charge in [0.2, 0.25) is 0 Å². The van der Waals surface area contributed by atoms with E-state index in [0.717, 1.165) is 25.7 Å². The number of carbonyl (C=O) groups excluding carboxylic acids is 1. The van der Waals surface area contributed by atoms with E-state index in [9.17, 15) is 14.7 Å². The van der Waals surface area contributed by atoms with Crippen LogP contribution in [0.3, 0.4) is 0 Å². The summed E-state index contributed by atoms with van der Waals surface area (Å²) in [5.74, 6) is -0.339. The van der Waals surface area contributed by atoms with Crippen molar-refractivity contribution in [1.82, 2.24) is 5.32 Å². The lowest BCUT2D eigenvalue weighted by Gasteiger charge is -2.74. The molecule has 0 aliphatic heterocycles. The van der Waals surface area contributed by atoms with Crippen LogP contribution in [0.15, 0.2) is 0 Å². The summed E-state index contributed by atoms with van der Waals surface area (Å²) in [7, 11) is 0. The van der Waals surface area contributed by atoms with Gasteiger partial charge in [-0.1, -0.05) is 20.3 Å². The molecule has 0 spiro atoms. The van der Waals surface area contributed by atoms with Crippen molar-refractivity contribution in [2.45, 2.75) is 71.9 Å². The minimum Gasteiger partial charge on any atom is -0.480 e. The molecular weight excluding hydrogens is 270 g/mol. The number of carbonyl (C=O) groups is 2. The largest absolute Gasteiger partial charge is 0.480 e. The zero-order chi connectivity index (χ0) is 16.1. The summed E-state index contributed by atoms with van der Waals surface area (Å²) < 4.78 is 5.18. The highest BCUT2D eigenvalue weighted by atomic mass is 16.6. The molecule has 0 saturated heterocycles. The molecule has 21 heavy (non-hydrogen) atoms. The van der Waals surface area contributed by atoms with Gasteiger partial charge in [-0.15, -0.1) is 0 Å². The van der Waals surface area contributed by atoms with E-state index in [1.807, 2.05) is 0 Å². The van der Waals surface area contributed by atoms with Crippen LogP contribution in [0.5, 0.6) is 0 Å². The van der Waals surface area contributed by atoms with E-state index in [2.05, 4.69) is 19.2 Å². The Morgan fingerprint density at radius 1 is 1.24 bits per heavy atom. The molecule has 0 aromatic rings. The molecule has 2 N–H and O–H groups in total. The van der Waals surface area contributed by atoms with Crippen LogP contribution in [0.4, 0.5) is 4.79 Å². The third-order valence-electron chi connectivity index (χ3n) is 5.29. The van der Waals surface area contributed by atoms with Crippen molar-refractivity contribution in [3.8, 4) is 0 Å². The third kappa shape index (κ3) is 2.74. The number of carboxylic acid groups (broad SMARTS) is 1. The summed E-state index contributed by atoms with van der Waals surface area (Å²) in [5.41, 5.74) is -0.561. The number of carboxylic acids is 1. The Morgan fingerprint density at radius 3 is 2.14 bits per heavy atom. The van der Waals surface area contributed by atoms with Crippen LogP contribution in [0.1, 0.15) is 60.3 Å². The van der Waals surface area contributed by atoms with Crippen LogP contribution in [0, 0.1) is 16.7 Å². The molecule has 2 bridgehead atoms. The van der Waals surface area contributed by atoms with Crippen LogP contribution in [-0.2, 0) is 9.53 Å². The monoisotopic (exact) mass is 297 g/mol. The fourth-order valence-electron chi connectivity index (χ4n) is 4.11. The summed E-state index contributed by atoms with van der Waals surface area (Å²) in [5, 5.41) is 12.0. The number of amides is 1. The molecule has 3 saturated carbocycles. The zero-order valence-electron chi connectivity index (χ0n) is 13.7. The average Bonchev–Trinajstić information content (AvgIpc) is 2.20. The minimum absolute atomic E-state index is 0.258. The number of alkyl carbamates (subject to hydrolysis) is 1. The quantitative estimate of drug-likeness (QED) is 0.817. The van der Waals surface area contributed by atoms with Crippen LogP contribution in [-0.4, -0.2) is 28.8 Å². The molecule has 120 valence electrons. The Labute approximate surface area is 126 Å². The Bertz CT molecular complexity index is 432. The number of aliphatic carboxylic acids is 1. The molecule has 5 heteroatoms. The lowest BCUT2D eigenvalue weighted by atomic mass is 9.30. The van der Waals surface area contributed by atoms with E-state index in [4.69, 9.17) is 4.74 Å². The van der Waals surface area contributed by atoms with Gasteiger partial charge in [-0.25, -0.2) is 9.59 Å². The molecule has 3 aliphatic carbocycles. The Hall–Kier alpha value is -1.26. The predicted molar refractivity (Wildman–Crippen MR) is 79.0 cm³/mol. The maximum absolute atomic E-state index is 11.9. The van der Waals surface area contributed by atoms with Crippen molar-refractivity contribution >= 4 is 12.1 Å². The SMILES string of the molecule is CCC(C)C12CC(C(NC(=O)OC(C)(C)C)C(=O)O)(C1)C2. The fourth-order valence-corrected chi connectivity index (χ4v) is 4.11. The van der Waals surface area contributed by atoms with Gasteiger partial charge in [-0.05, 0) is 51.4 Å². The van der Waals surface area contributed by atoms with Crippen molar-refractivity contribution in [1.29, 1.82) is 0 Å². The van der Waals surface area contributed by atoms with Gasteiger partial charge in [-0.2, -0.15) is 0 Å². The second-order valence-corrected chi connectivity index (χ2v) is 7.98. The maximum Gasteiger partial charge on any atom is 0.408 e. The first-order chi connectivity index (χ1) is 9.54. The number of rotatable bonds is 5. The normalized spacial score (nSPS) is 33.2. The number of ether oxygens (including phenoxy) is 1. The molecule has 1 amide bonds. The Kier molecular flexibility index (Phi) is 3.75. The molecule has 0 heterocycles. The van der Waals surface area contributed by atoms with E-state index in [0.29, 0.717) is 11.3 Å². The number of hydrogen-bond acceptors (Lipinski definition) is 3. The van der Waals surface area contributed by atoms with E-state index >= 15 is 0 Å². The van der Waals surface area contributed by atoms with E-state index < -0.39 is 23.7 Å². The minimum atomic E-state index is -0.960. The van der Waals surface area contributed by atoms with Crippen LogP contribution in [0.2, 0.25) is 0 Å². The molecule has 0 radical (unpaired) electrons. The van der Waals surface area contributed by atoms with Crippen molar-refractivity contribution in [3.05, 3.63) is 0 Å². The molecule has 3 aliphatic rings. The van der Waals surface area contributed by atoms with E-state index in [-0.39, 0.29) is 5.41 Å². The van der Waals surface area contributed by atoms with Crippen molar-refractivity contribution in [2.75, 3.05) is 0 Å². The van der Waals surface area contributed by atoms with Gasteiger partial charge < -0.3 is 15.2 Å². The van der Waals surface area contributed by atoms with Crippen LogP contribution >= 0.6 is 0 Å². The molecular formula is C16H27NO4. The predicted octanol–water partition coefficient (Wildman–Crippen LogP) is 3.18. The molecule has 3 fully saturated rings. The molecule has 0 aromatic carbocycles. The highest BCUT2D eigenvalue weighted by molar-refractivity contribution is 5.81. The highest BCUT2D eigenvalue weighted by Crippen LogP contribution is 2.77. The van der Waals surface area contributed by atoms with Gasteiger partial charge in [0.15, 0.2) is 0 Å². The Morgan fingerprint density at radius 2 is 1.76 bits per heavy atom.